The fourth-order valence-corrected chi connectivity index (χ4v) is 5.01. The Labute approximate surface area is 179 Å². The highest BCUT2D eigenvalue weighted by Gasteiger charge is 2.29. The Bertz CT molecular complexity index is 965. The molecule has 3 rings (SSSR count). The van der Waals surface area contributed by atoms with E-state index in [1.54, 1.807) is 12.1 Å². The Kier molecular flexibility index (Phi) is 7.28. The molecule has 0 radical (unpaired) electrons. The van der Waals surface area contributed by atoms with Crippen LogP contribution in [0, 0.1) is 6.92 Å². The number of nitrogens with one attached hydrogen (secondary N) is 1. The minimum absolute atomic E-state index is 0.0822. The summed E-state index contributed by atoms with van der Waals surface area (Å²) in [5, 5.41) is 2.93. The van der Waals surface area contributed by atoms with Crippen molar-refractivity contribution in [2.45, 2.75) is 38.0 Å². The van der Waals surface area contributed by atoms with Crippen LogP contribution in [0.25, 0.3) is 0 Å². The number of hydrogen-bond acceptors (Lipinski definition) is 4. The van der Waals surface area contributed by atoms with Crippen LogP contribution in [0.3, 0.4) is 0 Å². The largest absolute Gasteiger partial charge is 0.325 e. The van der Waals surface area contributed by atoms with Crippen molar-refractivity contribution in [2.24, 2.45) is 0 Å². The third-order valence-electron chi connectivity index (χ3n) is 5.82. The number of amides is 1. The van der Waals surface area contributed by atoms with Crippen molar-refractivity contribution >= 4 is 21.6 Å². The first kappa shape index (κ1) is 22.5. The second kappa shape index (κ2) is 9.73. The number of piperazine rings is 1. The molecule has 2 aromatic rings. The molecule has 1 aliphatic rings. The van der Waals surface area contributed by atoms with Crippen LogP contribution in [0.15, 0.2) is 53.4 Å². The second-order valence-corrected chi connectivity index (χ2v) is 9.86. The molecule has 7 heteroatoms. The lowest BCUT2D eigenvalue weighted by molar-refractivity contribution is -0.117. The van der Waals surface area contributed by atoms with Gasteiger partial charge in [-0.2, -0.15) is 4.31 Å². The molecule has 0 aromatic heterocycles. The Morgan fingerprint density at radius 2 is 1.67 bits per heavy atom. The Morgan fingerprint density at radius 1 is 1.03 bits per heavy atom. The first-order chi connectivity index (χ1) is 14.3. The number of aryl methyl sites for hydroxylation is 1. The summed E-state index contributed by atoms with van der Waals surface area (Å²) in [6, 6.07) is 14.9. The quantitative estimate of drug-likeness (QED) is 0.732. The van der Waals surface area contributed by atoms with Gasteiger partial charge in [-0.05, 0) is 48.6 Å². The van der Waals surface area contributed by atoms with Crippen LogP contribution in [0.4, 0.5) is 5.69 Å². The van der Waals surface area contributed by atoms with Crippen molar-refractivity contribution in [3.63, 3.8) is 0 Å². The summed E-state index contributed by atoms with van der Waals surface area (Å²) >= 11 is 0. The predicted octanol–water partition coefficient (Wildman–Crippen LogP) is 3.45. The smallest absolute Gasteiger partial charge is 0.243 e. The predicted molar refractivity (Wildman–Crippen MR) is 120 cm³/mol. The Hall–Kier alpha value is -2.22. The highest BCUT2D eigenvalue weighted by Crippen LogP contribution is 2.23. The summed E-state index contributed by atoms with van der Waals surface area (Å²) in [7, 11) is -3.51. The number of hydrogen-bond donors (Lipinski definition) is 1. The van der Waals surface area contributed by atoms with Crippen molar-refractivity contribution in [3.05, 3.63) is 59.7 Å². The maximum absolute atomic E-state index is 13.0. The first-order valence-electron chi connectivity index (χ1n) is 10.5. The molecule has 1 aliphatic heterocycles. The molecule has 0 aliphatic carbocycles. The van der Waals surface area contributed by atoms with E-state index in [9.17, 15) is 13.2 Å². The zero-order chi connectivity index (χ0) is 21.7. The number of carbonyl (C=O) groups excluding carboxylic acids is 1. The molecule has 1 N–H and O–H groups in total. The van der Waals surface area contributed by atoms with Gasteiger partial charge in [0, 0.05) is 31.9 Å². The third-order valence-corrected chi connectivity index (χ3v) is 7.73. The van der Waals surface area contributed by atoms with Crippen LogP contribution >= 0.6 is 0 Å². The van der Waals surface area contributed by atoms with Gasteiger partial charge in [0.05, 0.1) is 11.4 Å². The van der Waals surface area contributed by atoms with E-state index in [0.29, 0.717) is 37.0 Å². The summed E-state index contributed by atoms with van der Waals surface area (Å²) < 4.78 is 27.5. The number of sulfonamides is 1. The molecule has 0 bridgehead atoms. The average molecular weight is 430 g/mol. The number of nitrogens with zero attached hydrogens (tertiary/aromatic N) is 2. The van der Waals surface area contributed by atoms with E-state index in [1.165, 1.54) is 4.31 Å². The van der Waals surface area contributed by atoms with Crippen molar-refractivity contribution in [1.82, 2.24) is 9.21 Å². The van der Waals surface area contributed by atoms with Crippen LogP contribution in [-0.2, 0) is 14.8 Å². The minimum Gasteiger partial charge on any atom is -0.325 e. The monoisotopic (exact) mass is 429 g/mol. The van der Waals surface area contributed by atoms with Crippen LogP contribution in [-0.4, -0.2) is 56.3 Å². The molecule has 1 saturated heterocycles. The van der Waals surface area contributed by atoms with Gasteiger partial charge in [0.15, 0.2) is 0 Å². The molecule has 1 atom stereocenters. The van der Waals surface area contributed by atoms with Crippen LogP contribution < -0.4 is 5.32 Å². The van der Waals surface area contributed by atoms with E-state index in [2.05, 4.69) is 19.2 Å². The summed E-state index contributed by atoms with van der Waals surface area (Å²) in [5.74, 6) is 0.331. The molecule has 0 unspecified atom stereocenters. The van der Waals surface area contributed by atoms with Gasteiger partial charge < -0.3 is 5.32 Å². The van der Waals surface area contributed by atoms with E-state index in [1.807, 2.05) is 48.2 Å². The van der Waals surface area contributed by atoms with Gasteiger partial charge in [0.2, 0.25) is 15.9 Å². The van der Waals surface area contributed by atoms with E-state index < -0.39 is 10.0 Å². The van der Waals surface area contributed by atoms with E-state index in [4.69, 9.17) is 0 Å². The summed E-state index contributed by atoms with van der Waals surface area (Å²) in [5.41, 5.74) is 2.98. The highest BCUT2D eigenvalue weighted by molar-refractivity contribution is 7.89. The first-order valence-corrected chi connectivity index (χ1v) is 11.9. The van der Waals surface area contributed by atoms with Crippen LogP contribution in [0.5, 0.6) is 0 Å². The lowest BCUT2D eigenvalue weighted by Gasteiger charge is -2.33. The zero-order valence-corrected chi connectivity index (χ0v) is 18.8. The van der Waals surface area contributed by atoms with Gasteiger partial charge >= 0.3 is 0 Å². The lowest BCUT2D eigenvalue weighted by Crippen LogP contribution is -2.50. The van der Waals surface area contributed by atoms with Gasteiger partial charge in [-0.25, -0.2) is 8.42 Å². The fourth-order valence-electron chi connectivity index (χ4n) is 3.59. The van der Waals surface area contributed by atoms with Gasteiger partial charge in [0.1, 0.15) is 0 Å². The molecular weight excluding hydrogens is 398 g/mol. The number of rotatable bonds is 7. The Morgan fingerprint density at radius 3 is 2.27 bits per heavy atom. The highest BCUT2D eigenvalue weighted by atomic mass is 32.2. The number of para-hydroxylation sites is 1. The van der Waals surface area contributed by atoms with Gasteiger partial charge in [-0.1, -0.05) is 44.2 Å². The summed E-state index contributed by atoms with van der Waals surface area (Å²) in [6.45, 7) is 8.30. The maximum Gasteiger partial charge on any atom is 0.243 e. The van der Waals surface area contributed by atoms with Gasteiger partial charge in [-0.3, -0.25) is 9.69 Å². The maximum atomic E-state index is 13.0. The molecule has 2 aromatic carbocycles. The molecule has 1 amide bonds. The topological polar surface area (TPSA) is 69.7 Å². The molecule has 162 valence electrons. The van der Waals surface area contributed by atoms with Crippen LogP contribution in [0.1, 0.15) is 37.3 Å². The van der Waals surface area contributed by atoms with Gasteiger partial charge in [0.25, 0.3) is 0 Å². The number of anilines is 1. The average Bonchev–Trinajstić information content (AvgIpc) is 2.75. The number of carbonyl (C=O) groups is 1. The molecule has 30 heavy (non-hydrogen) atoms. The third kappa shape index (κ3) is 5.28. The zero-order valence-electron chi connectivity index (χ0n) is 18.0. The van der Waals surface area contributed by atoms with Crippen molar-refractivity contribution < 1.29 is 13.2 Å². The molecule has 1 heterocycles. The summed E-state index contributed by atoms with van der Waals surface area (Å²) in [4.78, 5) is 14.7. The second-order valence-electron chi connectivity index (χ2n) is 7.92. The molecule has 0 spiro atoms. The molecule has 1 fully saturated rings. The normalized spacial score (nSPS) is 16.9. The minimum atomic E-state index is -3.51. The Balaban J connectivity index is 1.55. The van der Waals surface area contributed by atoms with Crippen LogP contribution in [0.2, 0.25) is 0 Å². The van der Waals surface area contributed by atoms with Crippen molar-refractivity contribution in [1.29, 1.82) is 0 Å². The summed E-state index contributed by atoms with van der Waals surface area (Å²) in [6.07, 6.45) is 1.02. The van der Waals surface area contributed by atoms with Crippen molar-refractivity contribution in [3.8, 4) is 0 Å². The van der Waals surface area contributed by atoms with E-state index in [0.717, 1.165) is 23.2 Å². The van der Waals surface area contributed by atoms with Crippen molar-refractivity contribution in [2.75, 3.05) is 38.0 Å². The van der Waals surface area contributed by atoms with E-state index >= 15 is 0 Å². The fraction of sp³-hybridized carbons (Fsp3) is 0.435. The number of benzene rings is 2. The molecule has 6 nitrogen and oxygen atoms in total. The lowest BCUT2D eigenvalue weighted by atomic mass is 9.99. The molecular formula is C23H31N3O3S. The van der Waals surface area contributed by atoms with E-state index in [-0.39, 0.29) is 12.5 Å². The molecule has 0 saturated carbocycles. The van der Waals surface area contributed by atoms with Gasteiger partial charge in [-0.15, -0.1) is 0 Å². The standard InChI is InChI=1S/C23H31N3O3S/c1-4-18(2)20-9-11-21(12-10-20)30(28,29)26-15-13-25(14-16-26)17-23(27)24-22-8-6-5-7-19(22)3/h5-12,18H,4,13-17H2,1-3H3,(H,24,27)/t18-/m1/s1. The SMILES string of the molecule is CC[C@@H](C)c1ccc(S(=O)(=O)N2CCN(CC(=O)Nc3ccccc3C)CC2)cc1.